The van der Waals surface area contributed by atoms with Crippen molar-refractivity contribution in [2.75, 3.05) is 14.1 Å². The third-order valence-electron chi connectivity index (χ3n) is 4.80. The number of aromatic nitrogens is 2. The highest BCUT2D eigenvalue weighted by Gasteiger charge is 2.15. The Kier molecular flexibility index (Phi) is 3.10. The Morgan fingerprint density at radius 2 is 1.88 bits per heavy atom. The van der Waals surface area contributed by atoms with Crippen LogP contribution in [0.4, 0.5) is 0 Å². The summed E-state index contributed by atoms with van der Waals surface area (Å²) in [5.41, 5.74) is 4.29. The van der Waals surface area contributed by atoms with Gasteiger partial charge in [0.25, 0.3) is 5.91 Å². The van der Waals surface area contributed by atoms with Crippen molar-refractivity contribution < 1.29 is 4.79 Å². The van der Waals surface area contributed by atoms with E-state index in [1.165, 1.54) is 21.9 Å². The van der Waals surface area contributed by atoms with E-state index in [4.69, 9.17) is 0 Å². The zero-order chi connectivity index (χ0) is 17.0. The second kappa shape index (κ2) is 5.06. The van der Waals surface area contributed by atoms with Gasteiger partial charge in [0.05, 0.1) is 5.52 Å². The van der Waals surface area contributed by atoms with Crippen molar-refractivity contribution in [3.63, 3.8) is 0 Å². The van der Waals surface area contributed by atoms with Crippen LogP contribution < -0.4 is 0 Å². The van der Waals surface area contributed by atoms with Crippen LogP contribution in [0.15, 0.2) is 42.7 Å². The minimum Gasteiger partial charge on any atom is -0.345 e. The van der Waals surface area contributed by atoms with Gasteiger partial charge in [-0.3, -0.25) is 9.78 Å². The van der Waals surface area contributed by atoms with Crippen molar-refractivity contribution in [2.45, 2.75) is 6.92 Å². The fourth-order valence-electron chi connectivity index (χ4n) is 3.61. The molecule has 0 N–H and O–H groups in total. The number of pyridine rings is 1. The molecule has 2 aromatic carbocycles. The van der Waals surface area contributed by atoms with Crippen LogP contribution >= 0.6 is 0 Å². The molecule has 4 heteroatoms. The molecule has 4 aromatic rings. The van der Waals surface area contributed by atoms with Gasteiger partial charge >= 0.3 is 0 Å². The fraction of sp³-hybridized carbons (Fsp3) is 0.200. The van der Waals surface area contributed by atoms with Crippen LogP contribution in [0.25, 0.3) is 32.6 Å². The molecule has 24 heavy (non-hydrogen) atoms. The van der Waals surface area contributed by atoms with Crippen molar-refractivity contribution in [3.05, 3.63) is 53.9 Å². The summed E-state index contributed by atoms with van der Waals surface area (Å²) in [5, 5.41) is 4.61. The van der Waals surface area contributed by atoms with E-state index >= 15 is 0 Å². The van der Waals surface area contributed by atoms with Crippen molar-refractivity contribution in [2.24, 2.45) is 7.05 Å². The van der Waals surface area contributed by atoms with Gasteiger partial charge in [0.1, 0.15) is 0 Å². The second-order valence-electron chi connectivity index (χ2n) is 6.49. The van der Waals surface area contributed by atoms with Gasteiger partial charge in [0, 0.05) is 60.8 Å². The summed E-state index contributed by atoms with van der Waals surface area (Å²) in [4.78, 5) is 18.2. The smallest absolute Gasteiger partial charge is 0.253 e. The second-order valence-corrected chi connectivity index (χ2v) is 6.49. The lowest BCUT2D eigenvalue weighted by atomic mass is 10.0. The van der Waals surface area contributed by atoms with Crippen molar-refractivity contribution in [3.8, 4) is 0 Å². The van der Waals surface area contributed by atoms with Gasteiger partial charge < -0.3 is 9.47 Å². The molecule has 0 fully saturated rings. The normalized spacial score (nSPS) is 11.5. The predicted molar refractivity (Wildman–Crippen MR) is 98.5 cm³/mol. The number of nitrogens with zero attached hydrogens (tertiary/aromatic N) is 3. The lowest BCUT2D eigenvalue weighted by Crippen LogP contribution is -2.21. The van der Waals surface area contributed by atoms with E-state index in [1.54, 1.807) is 19.0 Å². The first kappa shape index (κ1) is 14.7. The third kappa shape index (κ3) is 1.92. The Bertz CT molecular complexity index is 1120. The van der Waals surface area contributed by atoms with Gasteiger partial charge in [-0.05, 0) is 48.2 Å². The minimum absolute atomic E-state index is 0.0214. The summed E-state index contributed by atoms with van der Waals surface area (Å²) < 4.78 is 2.21. The summed E-state index contributed by atoms with van der Waals surface area (Å²) >= 11 is 0. The zero-order valence-corrected chi connectivity index (χ0v) is 14.3. The zero-order valence-electron chi connectivity index (χ0n) is 14.3. The Morgan fingerprint density at radius 1 is 1.08 bits per heavy atom. The molecular formula is C20H19N3O. The van der Waals surface area contributed by atoms with Crippen LogP contribution in [-0.4, -0.2) is 34.5 Å². The monoisotopic (exact) mass is 317 g/mol. The number of carbonyl (C=O) groups excluding carboxylic acids is 1. The molecule has 0 unspecified atom stereocenters. The fourth-order valence-corrected chi connectivity index (χ4v) is 3.61. The predicted octanol–water partition coefficient (Wildman–Crippen LogP) is 3.89. The highest BCUT2D eigenvalue weighted by molar-refractivity contribution is 6.15. The number of amides is 1. The summed E-state index contributed by atoms with van der Waals surface area (Å²) in [6.07, 6.45) is 3.73. The van der Waals surface area contributed by atoms with Crippen LogP contribution in [0.1, 0.15) is 15.9 Å². The Morgan fingerprint density at radius 3 is 2.62 bits per heavy atom. The van der Waals surface area contributed by atoms with Gasteiger partial charge in [-0.1, -0.05) is 0 Å². The average Bonchev–Trinajstić information content (AvgIpc) is 2.86. The molecule has 0 aliphatic heterocycles. The first-order valence-electron chi connectivity index (χ1n) is 7.96. The van der Waals surface area contributed by atoms with Crippen molar-refractivity contribution in [1.29, 1.82) is 0 Å². The van der Waals surface area contributed by atoms with E-state index in [0.717, 1.165) is 16.3 Å². The molecule has 2 aromatic heterocycles. The molecule has 120 valence electrons. The third-order valence-corrected chi connectivity index (χ3v) is 4.80. The largest absolute Gasteiger partial charge is 0.345 e. The number of hydrogen-bond donors (Lipinski definition) is 0. The lowest BCUT2D eigenvalue weighted by molar-refractivity contribution is 0.0828. The first-order valence-corrected chi connectivity index (χ1v) is 7.96. The van der Waals surface area contributed by atoms with E-state index < -0.39 is 0 Å². The van der Waals surface area contributed by atoms with E-state index in [0.29, 0.717) is 5.56 Å². The number of hydrogen-bond acceptors (Lipinski definition) is 2. The molecule has 0 aliphatic rings. The maximum Gasteiger partial charge on any atom is 0.253 e. The Hall–Kier alpha value is -2.88. The Labute approximate surface area is 140 Å². The topological polar surface area (TPSA) is 38.1 Å². The van der Waals surface area contributed by atoms with Crippen LogP contribution in [-0.2, 0) is 7.05 Å². The SMILES string of the molecule is Cc1c2ccncc2cc2c3cc(C(=O)N(C)C)ccc3n(C)c12. The van der Waals surface area contributed by atoms with Crippen LogP contribution in [0.5, 0.6) is 0 Å². The minimum atomic E-state index is 0.0214. The van der Waals surface area contributed by atoms with Gasteiger partial charge in [-0.25, -0.2) is 0 Å². The molecule has 4 nitrogen and oxygen atoms in total. The summed E-state index contributed by atoms with van der Waals surface area (Å²) in [7, 11) is 5.63. The summed E-state index contributed by atoms with van der Waals surface area (Å²) in [6.45, 7) is 2.15. The maximum absolute atomic E-state index is 12.3. The molecule has 0 atom stereocenters. The van der Waals surface area contributed by atoms with Gasteiger partial charge in [0.2, 0.25) is 0 Å². The standard InChI is InChI=1S/C20H19N3O/c1-12-15-7-8-21-11-14(15)10-17-16-9-13(20(24)22(2)3)5-6-18(16)23(4)19(12)17/h5-11H,1-4H3. The van der Waals surface area contributed by atoms with E-state index in [2.05, 4.69) is 35.7 Å². The van der Waals surface area contributed by atoms with E-state index in [-0.39, 0.29) is 5.91 Å². The number of benzene rings is 2. The number of fused-ring (bicyclic) bond motifs is 4. The molecule has 0 aliphatic carbocycles. The molecule has 1 amide bonds. The number of rotatable bonds is 1. The molecule has 2 heterocycles. The molecule has 0 bridgehead atoms. The van der Waals surface area contributed by atoms with Crippen LogP contribution in [0.3, 0.4) is 0 Å². The molecule has 0 saturated carbocycles. The van der Waals surface area contributed by atoms with Crippen molar-refractivity contribution >= 4 is 38.5 Å². The van der Waals surface area contributed by atoms with Gasteiger partial charge in [0.15, 0.2) is 0 Å². The molecule has 4 rings (SSSR count). The molecule has 0 radical (unpaired) electrons. The van der Waals surface area contributed by atoms with E-state index in [9.17, 15) is 4.79 Å². The quantitative estimate of drug-likeness (QED) is 0.534. The highest BCUT2D eigenvalue weighted by Crippen LogP contribution is 2.35. The summed E-state index contributed by atoms with van der Waals surface area (Å²) in [5.74, 6) is 0.0214. The van der Waals surface area contributed by atoms with E-state index in [1.807, 2.05) is 30.6 Å². The maximum atomic E-state index is 12.3. The molecule has 0 spiro atoms. The molecule has 0 saturated heterocycles. The Balaban J connectivity index is 2.15. The van der Waals surface area contributed by atoms with Gasteiger partial charge in [-0.2, -0.15) is 0 Å². The number of aryl methyl sites for hydroxylation is 2. The van der Waals surface area contributed by atoms with Crippen LogP contribution in [0.2, 0.25) is 0 Å². The van der Waals surface area contributed by atoms with Gasteiger partial charge in [-0.15, -0.1) is 0 Å². The summed E-state index contributed by atoms with van der Waals surface area (Å²) in [6, 6.07) is 10.2. The van der Waals surface area contributed by atoms with Crippen molar-refractivity contribution in [1.82, 2.24) is 14.5 Å². The van der Waals surface area contributed by atoms with Crippen LogP contribution in [0, 0.1) is 6.92 Å². The first-order chi connectivity index (χ1) is 11.5. The number of carbonyl (C=O) groups is 1. The highest BCUT2D eigenvalue weighted by atomic mass is 16.2. The lowest BCUT2D eigenvalue weighted by Gasteiger charge is -2.10. The average molecular weight is 317 g/mol. The molecular weight excluding hydrogens is 298 g/mol.